The zero-order chi connectivity index (χ0) is 20.3. The summed E-state index contributed by atoms with van der Waals surface area (Å²) in [5.41, 5.74) is 0.259. The first-order valence-corrected chi connectivity index (χ1v) is 10.5. The lowest BCUT2D eigenvalue weighted by Gasteiger charge is -2.18. The van der Waals surface area contributed by atoms with Crippen molar-refractivity contribution in [2.75, 3.05) is 12.9 Å². The van der Waals surface area contributed by atoms with E-state index in [9.17, 15) is 23.4 Å². The van der Waals surface area contributed by atoms with Crippen LogP contribution in [0, 0.1) is 5.92 Å². The molecule has 10 heteroatoms. The zero-order valence-electron chi connectivity index (χ0n) is 15.1. The van der Waals surface area contributed by atoms with E-state index in [4.69, 9.17) is 4.74 Å². The highest BCUT2D eigenvalue weighted by Gasteiger charge is 2.42. The van der Waals surface area contributed by atoms with Gasteiger partial charge < -0.3 is 20.3 Å². The van der Waals surface area contributed by atoms with Crippen molar-refractivity contribution in [3.05, 3.63) is 48.5 Å². The molecule has 1 heterocycles. The Kier molecular flexibility index (Phi) is 5.92. The van der Waals surface area contributed by atoms with E-state index in [0.29, 0.717) is 12.2 Å². The largest absolute Gasteiger partial charge is 0.493 e. The van der Waals surface area contributed by atoms with E-state index in [-0.39, 0.29) is 17.1 Å². The molecule has 1 aromatic carbocycles. The molecule has 4 atom stereocenters. The Bertz CT molecular complexity index is 920. The summed E-state index contributed by atoms with van der Waals surface area (Å²) in [6.07, 6.45) is 3.28. The standard InChI is InChI=1S/C18H21N3O6S/c1-28(25,26)14-4-2-13(3-5-14)27-9-11-6-15(17(23)16(11)22)21-18(24)12-7-19-10-20-8-12/h2-5,7-8,10-11,15-17,22-23H,6,9H2,1H3,(H,21,24)/t11-,15-,16-,17+/m1/s1. The van der Waals surface area contributed by atoms with Crippen LogP contribution < -0.4 is 10.1 Å². The molecule has 0 saturated heterocycles. The van der Waals surface area contributed by atoms with Crippen LogP contribution >= 0.6 is 0 Å². The molecule has 1 aromatic heterocycles. The van der Waals surface area contributed by atoms with Crippen LogP contribution in [0.2, 0.25) is 0 Å². The third-order valence-electron chi connectivity index (χ3n) is 4.66. The van der Waals surface area contributed by atoms with Gasteiger partial charge >= 0.3 is 0 Å². The Morgan fingerprint density at radius 2 is 1.82 bits per heavy atom. The number of sulfone groups is 1. The van der Waals surface area contributed by atoms with Gasteiger partial charge in [0.05, 0.1) is 29.2 Å². The molecular weight excluding hydrogens is 386 g/mol. The molecule has 1 aliphatic carbocycles. The van der Waals surface area contributed by atoms with Gasteiger partial charge in [0.15, 0.2) is 9.84 Å². The fourth-order valence-electron chi connectivity index (χ4n) is 3.09. The highest BCUT2D eigenvalue weighted by molar-refractivity contribution is 7.90. The summed E-state index contributed by atoms with van der Waals surface area (Å²) in [5, 5.41) is 23.2. The van der Waals surface area contributed by atoms with E-state index in [1.54, 1.807) is 0 Å². The molecule has 0 spiro atoms. The quantitative estimate of drug-likeness (QED) is 0.598. The van der Waals surface area contributed by atoms with Gasteiger partial charge in [0.2, 0.25) is 0 Å². The van der Waals surface area contributed by atoms with Crippen molar-refractivity contribution < 1.29 is 28.2 Å². The normalized spacial score (nSPS) is 24.7. The van der Waals surface area contributed by atoms with Crippen LogP contribution in [-0.4, -0.2) is 65.6 Å². The molecule has 3 rings (SSSR count). The lowest BCUT2D eigenvalue weighted by Crippen LogP contribution is -2.43. The highest BCUT2D eigenvalue weighted by Crippen LogP contribution is 2.28. The minimum absolute atomic E-state index is 0.108. The molecule has 0 bridgehead atoms. The Hall–Kier alpha value is -2.56. The molecular formula is C18H21N3O6S. The number of amides is 1. The summed E-state index contributed by atoms with van der Waals surface area (Å²) in [6, 6.07) is 5.31. The van der Waals surface area contributed by atoms with Crippen molar-refractivity contribution in [1.82, 2.24) is 15.3 Å². The number of hydrogen-bond acceptors (Lipinski definition) is 8. The minimum atomic E-state index is -3.29. The predicted molar refractivity (Wildman–Crippen MR) is 98.5 cm³/mol. The summed E-state index contributed by atoms with van der Waals surface area (Å²) < 4.78 is 28.6. The second-order valence-corrected chi connectivity index (χ2v) is 8.75. The lowest BCUT2D eigenvalue weighted by atomic mass is 10.1. The Balaban J connectivity index is 1.57. The van der Waals surface area contributed by atoms with Crippen molar-refractivity contribution >= 4 is 15.7 Å². The van der Waals surface area contributed by atoms with Crippen LogP contribution in [0.1, 0.15) is 16.8 Å². The number of carbonyl (C=O) groups is 1. The molecule has 150 valence electrons. The van der Waals surface area contributed by atoms with Gasteiger partial charge in [-0.1, -0.05) is 0 Å². The molecule has 1 fully saturated rings. The summed E-state index contributed by atoms with van der Waals surface area (Å²) in [7, 11) is -3.29. The van der Waals surface area contributed by atoms with E-state index in [2.05, 4.69) is 15.3 Å². The Labute approximate surface area is 162 Å². The molecule has 0 aliphatic heterocycles. The second-order valence-electron chi connectivity index (χ2n) is 6.74. The fraction of sp³-hybridized carbons (Fsp3) is 0.389. The van der Waals surface area contributed by atoms with Gasteiger partial charge in [-0.3, -0.25) is 4.79 Å². The topological polar surface area (TPSA) is 139 Å². The van der Waals surface area contributed by atoms with E-state index in [1.165, 1.54) is 43.0 Å². The van der Waals surface area contributed by atoms with Crippen LogP contribution in [0.15, 0.2) is 47.9 Å². The van der Waals surface area contributed by atoms with E-state index >= 15 is 0 Å². The van der Waals surface area contributed by atoms with Crippen LogP contribution in [0.3, 0.4) is 0 Å². The van der Waals surface area contributed by atoms with Gasteiger partial charge in [-0.2, -0.15) is 0 Å². The average Bonchev–Trinajstić information content (AvgIpc) is 2.94. The smallest absolute Gasteiger partial charge is 0.254 e. The third-order valence-corrected chi connectivity index (χ3v) is 5.79. The molecule has 28 heavy (non-hydrogen) atoms. The highest BCUT2D eigenvalue weighted by atomic mass is 32.2. The van der Waals surface area contributed by atoms with Crippen LogP contribution in [0.4, 0.5) is 0 Å². The maximum absolute atomic E-state index is 12.2. The van der Waals surface area contributed by atoms with Gasteiger partial charge in [0.1, 0.15) is 18.2 Å². The van der Waals surface area contributed by atoms with Crippen molar-refractivity contribution in [1.29, 1.82) is 0 Å². The number of ether oxygens (including phenoxy) is 1. The number of hydrogen-bond donors (Lipinski definition) is 3. The van der Waals surface area contributed by atoms with Crippen LogP contribution in [0.5, 0.6) is 5.75 Å². The summed E-state index contributed by atoms with van der Waals surface area (Å²) >= 11 is 0. The number of aliphatic hydroxyl groups excluding tert-OH is 2. The first kappa shape index (κ1) is 20.2. The second kappa shape index (κ2) is 8.21. The molecule has 1 saturated carbocycles. The van der Waals surface area contributed by atoms with E-state index in [0.717, 1.165) is 6.26 Å². The van der Waals surface area contributed by atoms with Crippen LogP contribution in [0.25, 0.3) is 0 Å². The number of benzene rings is 1. The van der Waals surface area contributed by atoms with Crippen molar-refractivity contribution in [2.45, 2.75) is 29.6 Å². The third kappa shape index (κ3) is 4.64. The number of rotatable bonds is 6. The number of aliphatic hydroxyl groups is 2. The van der Waals surface area contributed by atoms with E-state index in [1.807, 2.05) is 0 Å². The van der Waals surface area contributed by atoms with Gasteiger partial charge in [-0.05, 0) is 30.7 Å². The number of nitrogens with one attached hydrogen (secondary N) is 1. The molecule has 9 nitrogen and oxygen atoms in total. The van der Waals surface area contributed by atoms with Crippen molar-refractivity contribution in [3.63, 3.8) is 0 Å². The Morgan fingerprint density at radius 3 is 2.43 bits per heavy atom. The van der Waals surface area contributed by atoms with E-state index < -0.39 is 39.9 Å². The van der Waals surface area contributed by atoms with Crippen LogP contribution in [-0.2, 0) is 9.84 Å². The van der Waals surface area contributed by atoms with Gasteiger partial charge in [-0.25, -0.2) is 18.4 Å². The molecule has 0 unspecified atom stereocenters. The average molecular weight is 407 g/mol. The lowest BCUT2D eigenvalue weighted by molar-refractivity contribution is 0.00252. The van der Waals surface area contributed by atoms with Crippen molar-refractivity contribution in [3.8, 4) is 5.75 Å². The van der Waals surface area contributed by atoms with Gasteiger partial charge in [-0.15, -0.1) is 0 Å². The van der Waals surface area contributed by atoms with Crippen molar-refractivity contribution in [2.24, 2.45) is 5.92 Å². The van der Waals surface area contributed by atoms with Gasteiger partial charge in [0.25, 0.3) is 5.91 Å². The molecule has 3 N–H and O–H groups in total. The van der Waals surface area contributed by atoms with Gasteiger partial charge in [0, 0.05) is 24.6 Å². The SMILES string of the molecule is CS(=O)(=O)c1ccc(OC[C@H]2C[C@@H](NC(=O)c3cncnc3)[C@H](O)[C@@H]2O)cc1. The molecule has 0 radical (unpaired) electrons. The first-order chi connectivity index (χ1) is 13.3. The minimum Gasteiger partial charge on any atom is -0.493 e. The zero-order valence-corrected chi connectivity index (χ0v) is 15.9. The molecule has 1 amide bonds. The monoisotopic (exact) mass is 407 g/mol. The maximum atomic E-state index is 12.2. The summed E-state index contributed by atoms with van der Waals surface area (Å²) in [6.45, 7) is 0.108. The molecule has 2 aromatic rings. The summed E-state index contributed by atoms with van der Waals surface area (Å²) in [4.78, 5) is 19.9. The predicted octanol–water partition coefficient (Wildman–Crippen LogP) is -0.201. The first-order valence-electron chi connectivity index (χ1n) is 8.60. The molecule has 1 aliphatic rings. The maximum Gasteiger partial charge on any atom is 0.254 e. The fourth-order valence-corrected chi connectivity index (χ4v) is 3.72. The Morgan fingerprint density at radius 1 is 1.18 bits per heavy atom. The summed E-state index contributed by atoms with van der Waals surface area (Å²) in [5.74, 6) is -0.389. The number of nitrogens with zero attached hydrogens (tertiary/aromatic N) is 2. The number of aromatic nitrogens is 2. The number of carbonyl (C=O) groups excluding carboxylic acids is 1.